The lowest BCUT2D eigenvalue weighted by Crippen LogP contribution is -2.66. The fourth-order valence-corrected chi connectivity index (χ4v) is 15.8. The molecule has 0 spiro atoms. The van der Waals surface area contributed by atoms with E-state index in [-0.39, 0.29) is 45.0 Å². The van der Waals surface area contributed by atoms with Crippen molar-refractivity contribution in [3.63, 3.8) is 0 Å². The first kappa shape index (κ1) is 53.6. The van der Waals surface area contributed by atoms with E-state index in [1.54, 1.807) is 20.8 Å². The van der Waals surface area contributed by atoms with E-state index < -0.39 is 109 Å². The monoisotopic (exact) mass is 1000 g/mol. The number of carbonyl (C=O) groups is 6. The van der Waals surface area contributed by atoms with Crippen LogP contribution in [0.5, 0.6) is 0 Å². The molecule has 0 radical (unpaired) electrons. The van der Waals surface area contributed by atoms with Crippen LogP contribution in [0.3, 0.4) is 0 Å². The first-order valence-corrected chi connectivity index (χ1v) is 26.0. The zero-order valence-corrected chi connectivity index (χ0v) is 44.7. The molecule has 8 aliphatic rings. The van der Waals surface area contributed by atoms with Crippen molar-refractivity contribution in [1.82, 2.24) is 0 Å². The summed E-state index contributed by atoms with van der Waals surface area (Å²) in [5.41, 5.74) is -0.328. The van der Waals surface area contributed by atoms with Gasteiger partial charge in [-0.25, -0.2) is 0 Å². The van der Waals surface area contributed by atoms with Crippen LogP contribution in [0.15, 0.2) is 11.6 Å². The van der Waals surface area contributed by atoms with Gasteiger partial charge in [0.05, 0.1) is 23.7 Å². The zero-order valence-electron chi connectivity index (χ0n) is 44.7. The second-order valence-corrected chi connectivity index (χ2v) is 24.6. The zero-order chi connectivity index (χ0) is 52.2. The molecule has 0 aromatic heterocycles. The van der Waals surface area contributed by atoms with Gasteiger partial charge in [-0.15, -0.1) is 0 Å². The summed E-state index contributed by atoms with van der Waals surface area (Å²) in [5.74, 6) is -4.59. The average Bonchev–Trinajstić information content (AvgIpc) is 3.57. The summed E-state index contributed by atoms with van der Waals surface area (Å²) in [4.78, 5) is 76.8. The maximum absolute atomic E-state index is 15.3. The van der Waals surface area contributed by atoms with Gasteiger partial charge in [-0.1, -0.05) is 60.1 Å². The van der Waals surface area contributed by atoms with E-state index in [1.807, 2.05) is 0 Å². The third-order valence-electron chi connectivity index (χ3n) is 19.2. The molecular weight excluding hydrogens is 921 g/mol. The standard InChI is InChI=1S/C54H80O17/c1-27-39(63-29(3)55)41(65-31(5)57)43(67-33(7)59)45(61-27)68-47(60)54-24-22-48(8,9)26-35(54)34-16-17-37-50(12)20-19-38(49(10,11)36(50)18-21-52(37,14)51(34,13)23-25-54)69-53(15)70-44-42(66-32(6)58)40(64-30(4)56)28(2)62-46(44)71-53/h16,27-28,35-46H,17-26H2,1-15H3/t27-,28-,35-,36-,37+,38-,39-,40-,41+,42+,43+,44+,45-,46+,50-,51+,52+,53?,54-/m0/s1. The fraction of sp³-hybridized carbons (Fsp3) is 0.852. The number of esters is 6. The topological polar surface area (TPSA) is 204 Å². The van der Waals surface area contributed by atoms with Gasteiger partial charge < -0.3 is 47.4 Å². The molecular formula is C54H80O17. The summed E-state index contributed by atoms with van der Waals surface area (Å²) < 4.78 is 66.9. The smallest absolute Gasteiger partial charge is 0.315 e. The first-order valence-electron chi connectivity index (χ1n) is 26.0. The van der Waals surface area contributed by atoms with Crippen molar-refractivity contribution in [2.45, 2.75) is 242 Å². The van der Waals surface area contributed by atoms with Crippen molar-refractivity contribution >= 4 is 35.8 Å². The highest BCUT2D eigenvalue weighted by molar-refractivity contribution is 5.79. The maximum atomic E-state index is 15.3. The highest BCUT2D eigenvalue weighted by Crippen LogP contribution is 2.76. The molecule has 398 valence electrons. The minimum absolute atomic E-state index is 0.0535. The lowest BCUT2D eigenvalue weighted by molar-refractivity contribution is -0.378. The molecule has 5 aliphatic carbocycles. The number of allylic oxidation sites excluding steroid dienone is 2. The van der Waals surface area contributed by atoms with Gasteiger partial charge >= 0.3 is 35.8 Å². The Morgan fingerprint density at radius 2 is 1.13 bits per heavy atom. The molecule has 19 atom stereocenters. The van der Waals surface area contributed by atoms with Gasteiger partial charge in [0.1, 0.15) is 0 Å². The van der Waals surface area contributed by atoms with Gasteiger partial charge in [-0.2, -0.15) is 0 Å². The van der Waals surface area contributed by atoms with Crippen molar-refractivity contribution in [3.05, 3.63) is 11.6 Å². The highest BCUT2D eigenvalue weighted by Gasteiger charge is 2.71. The minimum atomic E-state index is -1.53. The normalized spacial score (nSPS) is 46.2. The van der Waals surface area contributed by atoms with E-state index in [4.69, 9.17) is 52.1 Å². The Morgan fingerprint density at radius 1 is 0.577 bits per heavy atom. The molecule has 0 N–H and O–H groups in total. The van der Waals surface area contributed by atoms with Crippen LogP contribution in [0.1, 0.15) is 168 Å². The summed E-state index contributed by atoms with van der Waals surface area (Å²) in [7, 11) is 0. The van der Waals surface area contributed by atoms with Gasteiger partial charge in [0.25, 0.3) is 5.97 Å². The Balaban J connectivity index is 1.04. The van der Waals surface area contributed by atoms with Crippen molar-refractivity contribution in [3.8, 4) is 0 Å². The van der Waals surface area contributed by atoms with Gasteiger partial charge in [-0.05, 0) is 123 Å². The molecule has 0 aromatic carbocycles. The van der Waals surface area contributed by atoms with E-state index in [0.717, 1.165) is 51.4 Å². The number of fused-ring (bicyclic) bond motifs is 8. The molecule has 0 aromatic rings. The number of carbonyl (C=O) groups excluding carboxylic acids is 6. The molecule has 71 heavy (non-hydrogen) atoms. The highest BCUT2D eigenvalue weighted by atomic mass is 16.9. The van der Waals surface area contributed by atoms with Crippen LogP contribution in [0.4, 0.5) is 0 Å². The Kier molecular flexibility index (Phi) is 14.1. The summed E-state index contributed by atoms with van der Waals surface area (Å²) in [6.45, 7) is 27.9. The molecule has 4 saturated carbocycles. The predicted molar refractivity (Wildman–Crippen MR) is 251 cm³/mol. The average molecular weight is 1000 g/mol. The SMILES string of the molecule is CC(=O)O[C@@H]1[C@@H](OC(C)=O)[C@H](C)O[C@@H](OC(=O)[C@]23CCC(C)(C)C[C@H]2C2=CC[C@@H]4[C@@]5(C)CC[C@H](OC6(C)O[C@H]7O[C@@H](C)[C@H](OC(C)=O)[C@@H](OC(C)=O)[C@H]7O6)C(C)(C)[C@@H]5CC[C@@]4(C)[C@]2(C)CC3)[C@@H]1OC(C)=O. The van der Waals surface area contributed by atoms with Gasteiger partial charge in [-0.3, -0.25) is 33.5 Å². The first-order chi connectivity index (χ1) is 32.9. The lowest BCUT2D eigenvalue weighted by atomic mass is 9.33. The van der Waals surface area contributed by atoms with E-state index >= 15 is 4.79 Å². The molecule has 0 bridgehead atoms. The summed E-state index contributed by atoms with van der Waals surface area (Å²) in [6, 6.07) is 0. The summed E-state index contributed by atoms with van der Waals surface area (Å²) in [6.07, 6.45) is -0.125. The van der Waals surface area contributed by atoms with Crippen LogP contribution < -0.4 is 0 Å². The quantitative estimate of drug-likeness (QED) is 0.122. The van der Waals surface area contributed by atoms with Crippen molar-refractivity contribution in [1.29, 1.82) is 0 Å². The van der Waals surface area contributed by atoms with Crippen LogP contribution >= 0.6 is 0 Å². The van der Waals surface area contributed by atoms with E-state index in [1.165, 1.54) is 40.2 Å². The molecule has 8 rings (SSSR count). The van der Waals surface area contributed by atoms with Gasteiger partial charge in [0.15, 0.2) is 36.8 Å². The largest absolute Gasteiger partial charge is 0.456 e. The van der Waals surface area contributed by atoms with Crippen molar-refractivity contribution in [2.24, 2.45) is 50.2 Å². The van der Waals surface area contributed by atoms with Crippen LogP contribution in [0.2, 0.25) is 0 Å². The van der Waals surface area contributed by atoms with Gasteiger partial charge in [0.2, 0.25) is 12.4 Å². The minimum Gasteiger partial charge on any atom is -0.456 e. The number of hydrogen-bond acceptors (Lipinski definition) is 17. The molecule has 3 saturated heterocycles. The van der Waals surface area contributed by atoms with Crippen molar-refractivity contribution in [2.75, 3.05) is 0 Å². The Bertz CT molecular complexity index is 2170. The summed E-state index contributed by atoms with van der Waals surface area (Å²) >= 11 is 0. The molecule has 3 heterocycles. The predicted octanol–water partition coefficient (Wildman–Crippen LogP) is 7.95. The number of rotatable bonds is 9. The molecule has 3 aliphatic heterocycles. The molecule has 7 fully saturated rings. The Labute approximate surface area is 419 Å². The van der Waals surface area contributed by atoms with E-state index in [9.17, 15) is 24.0 Å². The molecule has 0 amide bonds. The lowest BCUT2D eigenvalue weighted by Gasteiger charge is -2.71. The Hall–Kier alpha value is -3.64. The number of ether oxygens (including phenoxy) is 11. The maximum Gasteiger partial charge on any atom is 0.315 e. The summed E-state index contributed by atoms with van der Waals surface area (Å²) in [5, 5.41) is 0. The van der Waals surface area contributed by atoms with Crippen LogP contribution in [0.25, 0.3) is 0 Å². The van der Waals surface area contributed by atoms with Gasteiger partial charge in [0, 0.05) is 41.5 Å². The third-order valence-corrected chi connectivity index (χ3v) is 19.2. The van der Waals surface area contributed by atoms with E-state index in [2.05, 4.69) is 54.5 Å². The van der Waals surface area contributed by atoms with E-state index in [0.29, 0.717) is 18.8 Å². The molecule has 1 unspecified atom stereocenters. The Morgan fingerprint density at radius 3 is 1.75 bits per heavy atom. The third kappa shape index (κ3) is 9.25. The van der Waals surface area contributed by atoms with Crippen molar-refractivity contribution < 1.29 is 80.9 Å². The number of hydrogen-bond donors (Lipinski definition) is 0. The fourth-order valence-electron chi connectivity index (χ4n) is 15.8. The second-order valence-electron chi connectivity index (χ2n) is 24.6. The molecule has 17 heteroatoms. The second kappa shape index (κ2) is 18.6. The van der Waals surface area contributed by atoms with Crippen LogP contribution in [-0.4, -0.2) is 109 Å². The van der Waals surface area contributed by atoms with Crippen LogP contribution in [0, 0.1) is 50.2 Å². The van der Waals surface area contributed by atoms with Crippen LogP contribution in [-0.2, 0) is 80.9 Å². The molecule has 17 nitrogen and oxygen atoms in total.